The lowest BCUT2D eigenvalue weighted by Crippen LogP contribution is -2.32. The van der Waals surface area contributed by atoms with Gasteiger partial charge in [-0.3, -0.25) is 4.79 Å². The fraction of sp³-hybridized carbons (Fsp3) is 0.556. The van der Waals surface area contributed by atoms with Gasteiger partial charge in [0, 0.05) is 18.0 Å². The Morgan fingerprint density at radius 2 is 2.16 bits per heavy atom. The summed E-state index contributed by atoms with van der Waals surface area (Å²) >= 11 is 1.77. The summed E-state index contributed by atoms with van der Waals surface area (Å²) in [6.07, 6.45) is 8.40. The molecule has 132 valence electrons. The molecule has 0 spiro atoms. The van der Waals surface area contributed by atoms with Gasteiger partial charge in [-0.1, -0.05) is 13.3 Å². The van der Waals surface area contributed by atoms with E-state index in [9.17, 15) is 4.79 Å². The number of nitrogens with zero attached hydrogens (tertiary/aromatic N) is 5. The minimum absolute atomic E-state index is 0.0862. The zero-order valence-corrected chi connectivity index (χ0v) is 15.6. The first kappa shape index (κ1) is 16.4. The molecule has 3 aromatic rings. The lowest BCUT2D eigenvalue weighted by atomic mass is 9.97. The molecule has 1 aliphatic carbocycles. The van der Waals surface area contributed by atoms with E-state index < -0.39 is 0 Å². The second-order valence-corrected chi connectivity index (χ2v) is 7.66. The minimum atomic E-state index is -0.0862. The fourth-order valence-electron chi connectivity index (χ4n) is 3.54. The molecule has 1 aliphatic rings. The van der Waals surface area contributed by atoms with Crippen molar-refractivity contribution in [2.45, 2.75) is 52.4 Å². The van der Waals surface area contributed by atoms with E-state index in [0.717, 1.165) is 48.1 Å². The van der Waals surface area contributed by atoms with Gasteiger partial charge in [-0.2, -0.15) is 0 Å². The van der Waals surface area contributed by atoms with Crippen LogP contribution in [0, 0.1) is 0 Å². The van der Waals surface area contributed by atoms with Crippen molar-refractivity contribution in [2.24, 2.45) is 0 Å². The molecule has 3 heterocycles. The third-order valence-corrected chi connectivity index (χ3v) is 6.13. The largest absolute Gasteiger partial charge is 0.336 e. The van der Waals surface area contributed by atoms with Gasteiger partial charge in [0.25, 0.3) is 5.91 Å². The summed E-state index contributed by atoms with van der Waals surface area (Å²) in [6, 6.07) is 0. The lowest BCUT2D eigenvalue weighted by Gasteiger charge is -2.18. The van der Waals surface area contributed by atoms with Gasteiger partial charge in [-0.25, -0.2) is 14.5 Å². The van der Waals surface area contributed by atoms with Crippen LogP contribution >= 0.6 is 11.3 Å². The van der Waals surface area contributed by atoms with E-state index in [1.807, 2.05) is 11.8 Å². The third kappa shape index (κ3) is 2.80. The lowest BCUT2D eigenvalue weighted by molar-refractivity contribution is 0.0750. The summed E-state index contributed by atoms with van der Waals surface area (Å²) < 4.78 is 1.67. The first-order valence-corrected chi connectivity index (χ1v) is 9.99. The Balaban J connectivity index is 1.78. The normalized spacial score (nSPS) is 14.2. The van der Waals surface area contributed by atoms with Crippen LogP contribution in [0.25, 0.3) is 15.9 Å². The predicted octanol–water partition coefficient (Wildman–Crippen LogP) is 3.48. The highest BCUT2D eigenvalue weighted by Crippen LogP contribution is 2.36. The van der Waals surface area contributed by atoms with Crippen molar-refractivity contribution < 1.29 is 4.79 Å². The van der Waals surface area contributed by atoms with Gasteiger partial charge in [-0.15, -0.1) is 16.4 Å². The van der Waals surface area contributed by atoms with Crippen LogP contribution in [-0.2, 0) is 12.8 Å². The number of carbonyl (C=O) groups excluding carboxylic acids is 1. The summed E-state index contributed by atoms with van der Waals surface area (Å²) in [5.41, 5.74) is 2.15. The van der Waals surface area contributed by atoms with Gasteiger partial charge < -0.3 is 4.90 Å². The second kappa shape index (κ2) is 6.71. The van der Waals surface area contributed by atoms with Crippen LogP contribution < -0.4 is 0 Å². The predicted molar refractivity (Wildman–Crippen MR) is 99.3 cm³/mol. The maximum atomic E-state index is 12.8. The first-order chi connectivity index (χ1) is 12.2. The van der Waals surface area contributed by atoms with Crippen molar-refractivity contribution in [1.29, 1.82) is 0 Å². The molecular weight excluding hydrogens is 334 g/mol. The maximum Gasteiger partial charge on any atom is 0.293 e. The van der Waals surface area contributed by atoms with Crippen molar-refractivity contribution in [3.8, 4) is 0 Å². The average molecular weight is 357 g/mol. The van der Waals surface area contributed by atoms with E-state index in [2.05, 4.69) is 22.0 Å². The Bertz CT molecular complexity index is 928. The van der Waals surface area contributed by atoms with Crippen LogP contribution in [0.2, 0.25) is 0 Å². The molecule has 0 saturated carbocycles. The second-order valence-electron chi connectivity index (χ2n) is 6.58. The molecule has 4 rings (SSSR count). The SMILES string of the molecule is CCCCN(CC)C(=O)c1nc2c3c4c(sc3ncn2n1)CCCC4. The van der Waals surface area contributed by atoms with Crippen LogP contribution in [-0.4, -0.2) is 43.5 Å². The Kier molecular flexibility index (Phi) is 4.41. The molecule has 0 atom stereocenters. The number of aromatic nitrogens is 4. The molecule has 0 saturated heterocycles. The molecule has 1 amide bonds. The van der Waals surface area contributed by atoms with Crippen molar-refractivity contribution >= 4 is 33.1 Å². The molecular formula is C18H23N5OS. The number of carbonyl (C=O) groups is 1. The van der Waals surface area contributed by atoms with E-state index in [0.29, 0.717) is 6.54 Å². The highest BCUT2D eigenvalue weighted by molar-refractivity contribution is 7.19. The van der Waals surface area contributed by atoms with Gasteiger partial charge in [0.15, 0.2) is 5.65 Å². The molecule has 0 aliphatic heterocycles. The summed E-state index contributed by atoms with van der Waals surface area (Å²) in [5, 5.41) is 5.53. The summed E-state index contributed by atoms with van der Waals surface area (Å²) in [6.45, 7) is 5.56. The monoisotopic (exact) mass is 357 g/mol. The Labute approximate surface area is 150 Å². The molecule has 0 radical (unpaired) electrons. The molecule has 25 heavy (non-hydrogen) atoms. The number of rotatable bonds is 5. The van der Waals surface area contributed by atoms with E-state index in [-0.39, 0.29) is 11.7 Å². The third-order valence-electron chi connectivity index (χ3n) is 4.93. The number of hydrogen-bond donors (Lipinski definition) is 0. The molecule has 7 heteroatoms. The van der Waals surface area contributed by atoms with E-state index in [4.69, 9.17) is 0 Å². The molecule has 0 bridgehead atoms. The Morgan fingerprint density at radius 3 is 2.96 bits per heavy atom. The zero-order chi connectivity index (χ0) is 17.4. The van der Waals surface area contributed by atoms with Crippen LogP contribution in [0.5, 0.6) is 0 Å². The molecule has 3 aromatic heterocycles. The Hall–Kier alpha value is -2.02. The van der Waals surface area contributed by atoms with Gasteiger partial charge in [0.2, 0.25) is 5.82 Å². The van der Waals surface area contributed by atoms with Crippen LogP contribution in [0.3, 0.4) is 0 Å². The van der Waals surface area contributed by atoms with E-state index >= 15 is 0 Å². The fourth-order valence-corrected chi connectivity index (χ4v) is 4.76. The van der Waals surface area contributed by atoms with Gasteiger partial charge in [-0.05, 0) is 44.6 Å². The summed E-state index contributed by atoms with van der Waals surface area (Å²) in [7, 11) is 0. The van der Waals surface area contributed by atoms with Crippen LogP contribution in [0.4, 0.5) is 0 Å². The van der Waals surface area contributed by atoms with Crippen LogP contribution in [0.15, 0.2) is 6.33 Å². The minimum Gasteiger partial charge on any atom is -0.336 e. The Morgan fingerprint density at radius 1 is 1.32 bits per heavy atom. The number of hydrogen-bond acceptors (Lipinski definition) is 5. The quantitative estimate of drug-likeness (QED) is 0.701. The van der Waals surface area contributed by atoms with Gasteiger partial charge >= 0.3 is 0 Å². The highest BCUT2D eigenvalue weighted by atomic mass is 32.1. The molecule has 6 nitrogen and oxygen atoms in total. The molecule has 0 N–H and O–H groups in total. The van der Waals surface area contributed by atoms with Crippen LogP contribution in [0.1, 0.15) is 60.6 Å². The topological polar surface area (TPSA) is 63.4 Å². The van der Waals surface area contributed by atoms with Crippen molar-refractivity contribution in [1.82, 2.24) is 24.5 Å². The standard InChI is InChI=1S/C18H23N5OS/c1-3-5-10-22(4-2)18(24)15-20-16-14-12-8-6-7-9-13(12)25-17(14)19-11-23(16)21-15/h11H,3-10H2,1-2H3. The summed E-state index contributed by atoms with van der Waals surface area (Å²) in [4.78, 5) is 26.2. The van der Waals surface area contributed by atoms with Gasteiger partial charge in [0.1, 0.15) is 11.2 Å². The van der Waals surface area contributed by atoms with Crippen molar-refractivity contribution in [3.05, 3.63) is 22.6 Å². The molecule has 0 aromatic carbocycles. The number of aryl methyl sites for hydroxylation is 2. The van der Waals surface area contributed by atoms with Gasteiger partial charge in [0.05, 0.1) is 5.39 Å². The van der Waals surface area contributed by atoms with E-state index in [1.165, 1.54) is 23.3 Å². The number of unbranched alkanes of at least 4 members (excludes halogenated alkanes) is 1. The highest BCUT2D eigenvalue weighted by Gasteiger charge is 2.23. The maximum absolute atomic E-state index is 12.8. The average Bonchev–Trinajstić information content (AvgIpc) is 3.22. The number of thiophene rings is 1. The smallest absolute Gasteiger partial charge is 0.293 e. The summed E-state index contributed by atoms with van der Waals surface area (Å²) in [5.74, 6) is 0.194. The first-order valence-electron chi connectivity index (χ1n) is 9.17. The zero-order valence-electron chi connectivity index (χ0n) is 14.8. The number of fused-ring (bicyclic) bond motifs is 5. The molecule has 0 fully saturated rings. The number of amides is 1. The van der Waals surface area contributed by atoms with E-state index in [1.54, 1.807) is 22.2 Å². The van der Waals surface area contributed by atoms with Crippen molar-refractivity contribution in [3.63, 3.8) is 0 Å². The van der Waals surface area contributed by atoms with Crippen molar-refractivity contribution in [2.75, 3.05) is 13.1 Å². The molecule has 0 unspecified atom stereocenters.